The van der Waals surface area contributed by atoms with Crippen LogP contribution in [0.15, 0.2) is 159 Å². The van der Waals surface area contributed by atoms with Crippen molar-refractivity contribution in [1.29, 1.82) is 0 Å². The van der Waals surface area contributed by atoms with E-state index >= 15 is 0 Å². The van der Waals surface area contributed by atoms with Gasteiger partial charge in [0.15, 0.2) is 5.58 Å². The molecule has 0 unspecified atom stereocenters. The summed E-state index contributed by atoms with van der Waals surface area (Å²) >= 11 is 1.81. The monoisotopic (exact) mass is 656 g/mol. The molecule has 3 nitrogen and oxygen atoms in total. The third-order valence-electron chi connectivity index (χ3n) is 10.5. The molecular weight excluding hydrogens is 633 g/mol. The van der Waals surface area contributed by atoms with E-state index in [1.165, 1.54) is 58.4 Å². The number of fused-ring (bicyclic) bond motifs is 13. The summed E-state index contributed by atoms with van der Waals surface area (Å²) in [5.74, 6) is 0. The highest BCUT2D eigenvalue weighted by Crippen LogP contribution is 2.47. The van der Waals surface area contributed by atoms with Gasteiger partial charge in [-0.15, -0.1) is 11.3 Å². The summed E-state index contributed by atoms with van der Waals surface area (Å²) in [6, 6.07) is 50.1. The number of hydrogen-bond donors (Lipinski definition) is 0. The van der Waals surface area contributed by atoms with E-state index in [1.54, 1.807) is 6.26 Å². The molecule has 50 heavy (non-hydrogen) atoms. The predicted octanol–water partition coefficient (Wildman–Crippen LogP) is 14.2. The smallest absolute Gasteiger partial charge is 0.151 e. The van der Waals surface area contributed by atoms with E-state index in [2.05, 4.69) is 115 Å². The van der Waals surface area contributed by atoms with Crippen LogP contribution in [0.4, 0.5) is 0 Å². The number of benzene rings is 8. The molecule has 0 radical (unpaired) electrons. The summed E-state index contributed by atoms with van der Waals surface area (Å²) in [6.07, 6.45) is 1.78. The molecule has 0 bridgehead atoms. The van der Waals surface area contributed by atoms with Gasteiger partial charge in [-0.3, -0.25) is 0 Å². The summed E-state index contributed by atoms with van der Waals surface area (Å²) < 4.78 is 21.1. The van der Waals surface area contributed by atoms with E-state index in [0.29, 0.717) is 0 Å². The Hall–Kier alpha value is -6.36. The minimum Gasteiger partial charge on any atom is -0.463 e. The van der Waals surface area contributed by atoms with Crippen LogP contribution in [0, 0.1) is 0 Å². The van der Waals surface area contributed by atoms with Crippen LogP contribution in [0.2, 0.25) is 0 Å². The number of rotatable bonds is 2. The lowest BCUT2D eigenvalue weighted by molar-refractivity contribution is 0.619. The molecule has 12 rings (SSSR count). The highest BCUT2D eigenvalue weighted by atomic mass is 32.1. The van der Waals surface area contributed by atoms with Gasteiger partial charge in [-0.05, 0) is 86.3 Å². The van der Waals surface area contributed by atoms with Crippen LogP contribution in [0.25, 0.3) is 119 Å². The molecule has 0 saturated heterocycles. The van der Waals surface area contributed by atoms with Gasteiger partial charge in [0, 0.05) is 42.4 Å². The lowest BCUT2D eigenvalue weighted by atomic mass is 9.85. The Balaban J connectivity index is 1.11. The number of para-hydroxylation sites is 1. The molecule has 0 amide bonds. The molecule has 12 aromatic rings. The highest BCUT2D eigenvalue weighted by molar-refractivity contribution is 7.26. The van der Waals surface area contributed by atoms with E-state index in [-0.39, 0.29) is 0 Å². The van der Waals surface area contributed by atoms with Crippen molar-refractivity contribution in [3.8, 4) is 22.3 Å². The lowest BCUT2D eigenvalue weighted by Crippen LogP contribution is -1.90. The molecule has 0 N–H and O–H groups in total. The quantitative estimate of drug-likeness (QED) is 0.174. The molecule has 0 saturated carbocycles. The zero-order valence-corrected chi connectivity index (χ0v) is 27.3. The van der Waals surface area contributed by atoms with E-state index in [1.807, 2.05) is 35.6 Å². The molecule has 4 heteroatoms. The summed E-state index contributed by atoms with van der Waals surface area (Å²) in [7, 11) is 0. The molecule has 232 valence electrons. The van der Waals surface area contributed by atoms with Gasteiger partial charge in [0.25, 0.3) is 0 Å². The van der Waals surface area contributed by atoms with E-state index in [9.17, 15) is 0 Å². The Morgan fingerprint density at radius 1 is 0.380 bits per heavy atom. The van der Waals surface area contributed by atoms with Crippen LogP contribution in [0.1, 0.15) is 0 Å². The van der Waals surface area contributed by atoms with Crippen molar-refractivity contribution in [2.45, 2.75) is 0 Å². The summed E-state index contributed by atoms with van der Waals surface area (Å²) in [5, 5.41) is 12.9. The van der Waals surface area contributed by atoms with Crippen LogP contribution in [0.3, 0.4) is 0 Å². The molecule has 0 fully saturated rings. The van der Waals surface area contributed by atoms with Crippen molar-refractivity contribution in [2.24, 2.45) is 0 Å². The topological polar surface area (TPSA) is 39.4 Å². The fraction of sp³-hybridized carbons (Fsp3) is 0. The van der Waals surface area contributed by atoms with E-state index in [4.69, 9.17) is 13.3 Å². The van der Waals surface area contributed by atoms with Crippen LogP contribution in [0.5, 0.6) is 0 Å². The lowest BCUT2D eigenvalue weighted by Gasteiger charge is -2.18. The Bertz CT molecular complexity index is 3330. The maximum Gasteiger partial charge on any atom is 0.151 e. The molecular formula is C46H24O3S. The molecule has 4 aromatic heterocycles. The molecule has 0 aliphatic carbocycles. The molecule has 0 aliphatic heterocycles. The van der Waals surface area contributed by atoms with Crippen LogP contribution in [-0.2, 0) is 0 Å². The average Bonchev–Trinajstić information content (AvgIpc) is 3.94. The van der Waals surface area contributed by atoms with Gasteiger partial charge < -0.3 is 13.3 Å². The maximum atomic E-state index is 6.45. The summed E-state index contributed by atoms with van der Waals surface area (Å²) in [6.45, 7) is 0. The van der Waals surface area contributed by atoms with Gasteiger partial charge in [-0.1, -0.05) is 97.1 Å². The molecule has 8 aromatic carbocycles. The fourth-order valence-electron chi connectivity index (χ4n) is 8.31. The van der Waals surface area contributed by atoms with Gasteiger partial charge in [-0.25, -0.2) is 0 Å². The third kappa shape index (κ3) is 3.53. The highest BCUT2D eigenvalue weighted by Gasteiger charge is 2.20. The zero-order chi connectivity index (χ0) is 32.5. The van der Waals surface area contributed by atoms with Crippen molar-refractivity contribution in [3.63, 3.8) is 0 Å². The SMILES string of the molecule is c1ccc2c(c1)oc1cc3c(cc12)oc1ccc(-c2c4ccccc4c(-c4ccc5c(c4)sc4c5ccc5ccoc54)c4ccccc24)cc13. The first kappa shape index (κ1) is 26.6. The molecule has 4 heterocycles. The second kappa shape index (κ2) is 9.63. The first-order valence-corrected chi connectivity index (χ1v) is 17.6. The van der Waals surface area contributed by atoms with E-state index < -0.39 is 0 Å². The second-order valence-corrected chi connectivity index (χ2v) is 14.2. The van der Waals surface area contributed by atoms with Crippen LogP contribution >= 0.6 is 11.3 Å². The zero-order valence-electron chi connectivity index (χ0n) is 26.5. The van der Waals surface area contributed by atoms with Crippen LogP contribution in [-0.4, -0.2) is 0 Å². The Labute approximate surface area is 288 Å². The van der Waals surface area contributed by atoms with Crippen molar-refractivity contribution in [1.82, 2.24) is 0 Å². The van der Waals surface area contributed by atoms with Gasteiger partial charge in [0.1, 0.15) is 22.3 Å². The maximum absolute atomic E-state index is 6.45. The number of thiophene rings is 1. The number of furan rings is 3. The second-order valence-electron chi connectivity index (χ2n) is 13.2. The minimum atomic E-state index is 0.866. The van der Waals surface area contributed by atoms with Crippen molar-refractivity contribution in [2.75, 3.05) is 0 Å². The third-order valence-corrected chi connectivity index (χ3v) is 11.7. The Morgan fingerprint density at radius 2 is 0.940 bits per heavy atom. The summed E-state index contributed by atoms with van der Waals surface area (Å²) in [4.78, 5) is 0. The standard InChI is InChI=1S/C46H24O3S/c1-3-10-32-30(8-1)43(26-15-18-39-35(21-26)37-24-40-36(23-41(37)49-39)28-7-5-6-12-38(28)48-40)31-9-2-4-11-33(31)44(32)27-14-16-29-34-17-13-25-19-20-47-45(25)46(34)50-42(29)22-27/h1-24H. The average molecular weight is 657 g/mol. The molecule has 0 aliphatic rings. The first-order valence-electron chi connectivity index (χ1n) is 16.8. The van der Waals surface area contributed by atoms with Crippen molar-refractivity contribution >= 4 is 108 Å². The summed E-state index contributed by atoms with van der Waals surface area (Å²) in [5.41, 5.74) is 9.32. The van der Waals surface area contributed by atoms with Crippen molar-refractivity contribution in [3.05, 3.63) is 146 Å². The van der Waals surface area contributed by atoms with Gasteiger partial charge in [0.2, 0.25) is 0 Å². The van der Waals surface area contributed by atoms with E-state index in [0.717, 1.165) is 60.4 Å². The van der Waals surface area contributed by atoms with Gasteiger partial charge >= 0.3 is 0 Å². The fourth-order valence-corrected chi connectivity index (χ4v) is 9.55. The molecule has 0 atom stereocenters. The Kier molecular flexibility index (Phi) is 5.12. The molecule has 0 spiro atoms. The largest absolute Gasteiger partial charge is 0.463 e. The minimum absolute atomic E-state index is 0.866. The number of hydrogen-bond acceptors (Lipinski definition) is 4. The van der Waals surface area contributed by atoms with Gasteiger partial charge in [-0.2, -0.15) is 0 Å². The Morgan fingerprint density at radius 3 is 1.66 bits per heavy atom. The van der Waals surface area contributed by atoms with Gasteiger partial charge in [0.05, 0.1) is 11.0 Å². The van der Waals surface area contributed by atoms with Crippen LogP contribution < -0.4 is 0 Å². The normalized spacial score (nSPS) is 12.4. The first-order chi connectivity index (χ1) is 24.8. The predicted molar refractivity (Wildman–Crippen MR) is 210 cm³/mol. The van der Waals surface area contributed by atoms with Crippen molar-refractivity contribution < 1.29 is 13.3 Å².